The summed E-state index contributed by atoms with van der Waals surface area (Å²) < 4.78 is 5.01. The summed E-state index contributed by atoms with van der Waals surface area (Å²) >= 11 is 5.60. The lowest BCUT2D eigenvalue weighted by Crippen LogP contribution is -2.20. The van der Waals surface area contributed by atoms with E-state index in [0.717, 1.165) is 25.5 Å². The van der Waals surface area contributed by atoms with Crippen LogP contribution in [0.3, 0.4) is 0 Å². The van der Waals surface area contributed by atoms with Gasteiger partial charge in [0.15, 0.2) is 0 Å². The van der Waals surface area contributed by atoms with Crippen LogP contribution < -0.4 is 4.29 Å². The summed E-state index contributed by atoms with van der Waals surface area (Å²) in [5, 5.41) is 7.42. The SMILES string of the molecule is CC(=O)O.CCC(C)(C)c1ccc(OCl)c(C(C)(C)CC)c1. The first kappa shape index (κ1) is 20.8. The maximum Gasteiger partial charge on any atom is 0.300 e. The van der Waals surface area contributed by atoms with Gasteiger partial charge in [-0.2, -0.15) is 0 Å². The Morgan fingerprint density at radius 2 is 1.59 bits per heavy atom. The van der Waals surface area contributed by atoms with Crippen molar-refractivity contribution in [2.24, 2.45) is 0 Å². The molecule has 1 N–H and O–H groups in total. The van der Waals surface area contributed by atoms with E-state index in [0.29, 0.717) is 0 Å². The highest BCUT2D eigenvalue weighted by Gasteiger charge is 2.26. The van der Waals surface area contributed by atoms with Gasteiger partial charge in [0.2, 0.25) is 0 Å². The molecule has 0 aliphatic heterocycles. The molecule has 1 rings (SSSR count). The topological polar surface area (TPSA) is 46.5 Å². The molecule has 0 aromatic heterocycles. The van der Waals surface area contributed by atoms with Crippen molar-refractivity contribution in [3.63, 3.8) is 0 Å². The molecule has 0 saturated heterocycles. The number of carbonyl (C=O) groups is 1. The maximum absolute atomic E-state index is 9.00. The Morgan fingerprint density at radius 1 is 1.14 bits per heavy atom. The Morgan fingerprint density at radius 3 is 1.95 bits per heavy atom. The number of benzene rings is 1. The molecular formula is C18H29ClO3. The second-order valence-corrected chi connectivity index (χ2v) is 6.94. The van der Waals surface area contributed by atoms with Crippen LogP contribution in [0.4, 0.5) is 0 Å². The van der Waals surface area contributed by atoms with Gasteiger partial charge in [0, 0.05) is 12.5 Å². The van der Waals surface area contributed by atoms with Crippen LogP contribution in [-0.2, 0) is 15.6 Å². The minimum absolute atomic E-state index is 0.0735. The Kier molecular flexibility index (Phi) is 7.96. The van der Waals surface area contributed by atoms with E-state index in [9.17, 15) is 0 Å². The van der Waals surface area contributed by atoms with E-state index in [2.05, 4.69) is 53.7 Å². The zero-order valence-electron chi connectivity index (χ0n) is 14.8. The average molecular weight is 329 g/mol. The van der Waals surface area contributed by atoms with E-state index >= 15 is 0 Å². The molecule has 0 fully saturated rings. The van der Waals surface area contributed by atoms with Crippen molar-refractivity contribution in [3.05, 3.63) is 29.3 Å². The van der Waals surface area contributed by atoms with E-state index in [1.54, 1.807) is 0 Å². The minimum atomic E-state index is -0.833. The zero-order chi connectivity index (χ0) is 17.6. The third-order valence-electron chi connectivity index (χ3n) is 4.34. The molecule has 0 atom stereocenters. The number of aliphatic carboxylic acids is 1. The number of carboxylic acid groups (broad SMARTS) is 1. The smallest absolute Gasteiger partial charge is 0.300 e. The molecule has 0 radical (unpaired) electrons. The molecule has 0 aliphatic rings. The molecule has 0 unspecified atom stereocenters. The van der Waals surface area contributed by atoms with Gasteiger partial charge in [-0.25, -0.2) is 0 Å². The lowest BCUT2D eigenvalue weighted by molar-refractivity contribution is -0.134. The fourth-order valence-electron chi connectivity index (χ4n) is 1.94. The van der Waals surface area contributed by atoms with Gasteiger partial charge in [-0.15, -0.1) is 0 Å². The van der Waals surface area contributed by atoms with E-state index in [4.69, 9.17) is 26.1 Å². The Balaban J connectivity index is 0.000000980. The van der Waals surface area contributed by atoms with Gasteiger partial charge in [0.1, 0.15) is 17.6 Å². The van der Waals surface area contributed by atoms with Crippen molar-refractivity contribution in [2.75, 3.05) is 0 Å². The summed E-state index contributed by atoms with van der Waals surface area (Å²) in [4.78, 5) is 9.00. The number of halogens is 1. The van der Waals surface area contributed by atoms with Crippen LogP contribution in [0.15, 0.2) is 18.2 Å². The molecule has 0 amide bonds. The van der Waals surface area contributed by atoms with Crippen LogP contribution in [-0.4, -0.2) is 11.1 Å². The predicted octanol–water partition coefficient (Wildman–Crippen LogP) is 5.69. The minimum Gasteiger partial charge on any atom is -0.481 e. The van der Waals surface area contributed by atoms with Crippen molar-refractivity contribution >= 4 is 17.8 Å². The molecule has 3 nitrogen and oxygen atoms in total. The van der Waals surface area contributed by atoms with Gasteiger partial charge < -0.3 is 9.40 Å². The molecule has 0 heterocycles. The van der Waals surface area contributed by atoms with Gasteiger partial charge in [-0.1, -0.05) is 53.7 Å². The largest absolute Gasteiger partial charge is 0.481 e. The third-order valence-corrected chi connectivity index (χ3v) is 4.51. The van der Waals surface area contributed by atoms with Crippen LogP contribution in [0.2, 0.25) is 0 Å². The van der Waals surface area contributed by atoms with Crippen molar-refractivity contribution in [1.29, 1.82) is 0 Å². The summed E-state index contributed by atoms with van der Waals surface area (Å²) in [5.41, 5.74) is 2.80. The molecule has 0 saturated carbocycles. The molecule has 0 spiro atoms. The number of carboxylic acids is 1. The quantitative estimate of drug-likeness (QED) is 0.755. The van der Waals surface area contributed by atoms with Crippen LogP contribution in [0, 0.1) is 0 Å². The summed E-state index contributed by atoms with van der Waals surface area (Å²) in [6.07, 6.45) is 2.16. The highest BCUT2D eigenvalue weighted by molar-refractivity contribution is 6.09. The molecular weight excluding hydrogens is 300 g/mol. The Labute approximate surface area is 139 Å². The molecule has 22 heavy (non-hydrogen) atoms. The summed E-state index contributed by atoms with van der Waals surface area (Å²) in [5.74, 6) is -0.0563. The van der Waals surface area contributed by atoms with Crippen LogP contribution in [0.5, 0.6) is 5.75 Å². The van der Waals surface area contributed by atoms with Crippen molar-refractivity contribution < 1.29 is 14.2 Å². The normalized spacial score (nSPS) is 11.5. The Hall–Kier alpha value is -1.22. The van der Waals surface area contributed by atoms with Crippen molar-refractivity contribution in [1.82, 2.24) is 0 Å². The van der Waals surface area contributed by atoms with E-state index in [1.807, 2.05) is 6.07 Å². The predicted molar refractivity (Wildman–Crippen MR) is 92.9 cm³/mol. The zero-order valence-corrected chi connectivity index (χ0v) is 15.5. The highest BCUT2D eigenvalue weighted by Crippen LogP contribution is 2.38. The standard InChI is InChI=1S/C16H25ClO.C2H4O2/c1-7-15(3,4)12-9-10-14(18-17)13(11-12)16(5,6)8-2;1-2(3)4/h9-11H,7-8H2,1-6H3;1H3,(H,3,4). The lowest BCUT2D eigenvalue weighted by Gasteiger charge is -2.29. The summed E-state index contributed by atoms with van der Waals surface area (Å²) in [6.45, 7) is 14.5. The second kappa shape index (κ2) is 8.42. The number of hydrogen-bond donors (Lipinski definition) is 1. The molecule has 0 bridgehead atoms. The monoisotopic (exact) mass is 328 g/mol. The second-order valence-electron chi connectivity index (χ2n) is 6.78. The fraction of sp³-hybridized carbons (Fsp3) is 0.611. The van der Waals surface area contributed by atoms with Gasteiger partial charge in [0.25, 0.3) is 5.97 Å². The highest BCUT2D eigenvalue weighted by atomic mass is 35.5. The van der Waals surface area contributed by atoms with E-state index < -0.39 is 5.97 Å². The third kappa shape index (κ3) is 5.88. The summed E-state index contributed by atoms with van der Waals surface area (Å²) in [6, 6.07) is 6.37. The van der Waals surface area contributed by atoms with Gasteiger partial charge in [-0.3, -0.25) is 4.79 Å². The van der Waals surface area contributed by atoms with Crippen LogP contribution >= 0.6 is 11.9 Å². The van der Waals surface area contributed by atoms with Crippen molar-refractivity contribution in [3.8, 4) is 5.75 Å². The fourth-order valence-corrected chi connectivity index (χ4v) is 2.08. The average Bonchev–Trinajstić information content (AvgIpc) is 2.45. The molecule has 1 aromatic carbocycles. The van der Waals surface area contributed by atoms with Gasteiger partial charge in [0.05, 0.1) is 0 Å². The number of hydrogen-bond acceptors (Lipinski definition) is 2. The van der Waals surface area contributed by atoms with Gasteiger partial charge >= 0.3 is 0 Å². The Bertz CT molecular complexity index is 489. The molecule has 126 valence electrons. The first-order chi connectivity index (χ1) is 10.0. The summed E-state index contributed by atoms with van der Waals surface area (Å²) in [7, 11) is 0. The molecule has 1 aromatic rings. The first-order valence-electron chi connectivity index (χ1n) is 7.65. The molecule has 0 aliphatic carbocycles. The molecule has 4 heteroatoms. The van der Waals surface area contributed by atoms with E-state index in [-0.39, 0.29) is 10.8 Å². The maximum atomic E-state index is 9.00. The first-order valence-corrected chi connectivity index (χ1v) is 7.95. The van der Waals surface area contributed by atoms with Crippen LogP contribution in [0.25, 0.3) is 0 Å². The van der Waals surface area contributed by atoms with Crippen molar-refractivity contribution in [2.45, 2.75) is 72.1 Å². The lowest BCUT2D eigenvalue weighted by atomic mass is 9.76. The van der Waals surface area contributed by atoms with Crippen LogP contribution in [0.1, 0.15) is 72.4 Å². The van der Waals surface area contributed by atoms with Gasteiger partial charge in [-0.05, 0) is 35.3 Å². The van der Waals surface area contributed by atoms with E-state index in [1.165, 1.54) is 11.1 Å². The number of rotatable bonds is 5.